The third-order valence-corrected chi connectivity index (χ3v) is 3.26. The minimum atomic E-state index is 0.710. The largest absolute Gasteiger partial charge is 0.326 e. The van der Waals surface area contributed by atoms with Crippen LogP contribution in [0.15, 0.2) is 36.7 Å². The number of hydrogen-bond acceptors (Lipinski definition) is 4. The van der Waals surface area contributed by atoms with Gasteiger partial charge in [0.25, 0.3) is 0 Å². The van der Waals surface area contributed by atoms with Crippen molar-refractivity contribution in [3.05, 3.63) is 47.5 Å². The summed E-state index contributed by atoms with van der Waals surface area (Å²) >= 11 is 5.90. The highest BCUT2D eigenvalue weighted by molar-refractivity contribution is 6.30. The van der Waals surface area contributed by atoms with Gasteiger partial charge in [-0.2, -0.15) is 0 Å². The van der Waals surface area contributed by atoms with E-state index in [9.17, 15) is 0 Å². The molecule has 6 heteroatoms. The van der Waals surface area contributed by atoms with Gasteiger partial charge in [0.05, 0.1) is 0 Å². The highest BCUT2D eigenvalue weighted by Crippen LogP contribution is 2.25. The maximum Gasteiger partial charge on any atom is 0.204 e. The second-order valence-electron chi connectivity index (χ2n) is 4.23. The summed E-state index contributed by atoms with van der Waals surface area (Å²) in [4.78, 5) is 6.35. The summed E-state index contributed by atoms with van der Waals surface area (Å²) in [5, 5.41) is 8.95. The first-order chi connectivity index (χ1) is 9.16. The average molecular weight is 274 g/mol. The number of fused-ring (bicyclic) bond motifs is 1. The molecule has 3 rings (SSSR count). The Morgan fingerprint density at radius 3 is 2.63 bits per heavy atom. The number of benzene rings is 1. The monoisotopic (exact) mass is 273 g/mol. The average Bonchev–Trinajstić information content (AvgIpc) is 2.81. The van der Waals surface area contributed by atoms with Gasteiger partial charge in [-0.15, -0.1) is 10.2 Å². The van der Waals surface area contributed by atoms with Crippen LogP contribution in [0.25, 0.3) is 5.65 Å². The first-order valence-corrected chi connectivity index (χ1v) is 6.20. The van der Waals surface area contributed by atoms with Crippen molar-refractivity contribution in [3.8, 4) is 0 Å². The van der Waals surface area contributed by atoms with E-state index in [0.717, 1.165) is 23.0 Å². The number of nitrogens with zero attached hydrogens (tertiary/aromatic N) is 5. The maximum absolute atomic E-state index is 5.90. The van der Waals surface area contributed by atoms with Crippen LogP contribution in [0, 0.1) is 6.92 Å². The molecule has 2 heterocycles. The minimum Gasteiger partial charge on any atom is -0.326 e. The zero-order chi connectivity index (χ0) is 13.4. The third kappa shape index (κ3) is 2.02. The van der Waals surface area contributed by atoms with Crippen molar-refractivity contribution in [2.24, 2.45) is 0 Å². The van der Waals surface area contributed by atoms with Crippen LogP contribution in [0.2, 0.25) is 5.02 Å². The zero-order valence-electron chi connectivity index (χ0n) is 10.6. The van der Waals surface area contributed by atoms with Gasteiger partial charge >= 0.3 is 0 Å². The molecule has 0 spiro atoms. The molecule has 0 aliphatic rings. The van der Waals surface area contributed by atoms with Crippen molar-refractivity contribution >= 4 is 28.8 Å². The predicted octanol–water partition coefficient (Wildman–Crippen LogP) is 2.85. The number of aryl methyl sites for hydroxylation is 1. The summed E-state index contributed by atoms with van der Waals surface area (Å²) in [5.41, 5.74) is 1.73. The van der Waals surface area contributed by atoms with E-state index in [1.165, 1.54) is 0 Å². The van der Waals surface area contributed by atoms with Crippen molar-refractivity contribution in [3.63, 3.8) is 0 Å². The molecular weight excluding hydrogens is 262 g/mol. The summed E-state index contributed by atoms with van der Waals surface area (Å²) in [7, 11) is 1.94. The molecule has 0 radical (unpaired) electrons. The lowest BCUT2D eigenvalue weighted by molar-refractivity contribution is 0.998. The maximum atomic E-state index is 5.90. The van der Waals surface area contributed by atoms with E-state index in [2.05, 4.69) is 15.2 Å². The Hall–Kier alpha value is -2.14. The minimum absolute atomic E-state index is 0.710. The molecule has 0 atom stereocenters. The second-order valence-corrected chi connectivity index (χ2v) is 4.66. The Balaban J connectivity index is 2.11. The molecular formula is C13H12ClN5. The van der Waals surface area contributed by atoms with Gasteiger partial charge < -0.3 is 4.90 Å². The molecule has 0 aliphatic heterocycles. The molecule has 0 aliphatic carbocycles. The smallest absolute Gasteiger partial charge is 0.204 e. The highest BCUT2D eigenvalue weighted by Gasteiger charge is 2.13. The van der Waals surface area contributed by atoms with Crippen LogP contribution in [-0.2, 0) is 0 Å². The topological polar surface area (TPSA) is 46.3 Å². The Labute approximate surface area is 115 Å². The van der Waals surface area contributed by atoms with Crippen molar-refractivity contribution in [2.75, 3.05) is 11.9 Å². The van der Waals surface area contributed by atoms with Crippen molar-refractivity contribution < 1.29 is 0 Å². The lowest BCUT2D eigenvalue weighted by Gasteiger charge is -2.18. The van der Waals surface area contributed by atoms with Crippen LogP contribution >= 0.6 is 11.6 Å². The van der Waals surface area contributed by atoms with Gasteiger partial charge in [-0.1, -0.05) is 11.6 Å². The third-order valence-electron chi connectivity index (χ3n) is 3.01. The summed E-state index contributed by atoms with van der Waals surface area (Å²) < 4.78 is 1.91. The first kappa shape index (κ1) is 11.9. The molecule has 2 aromatic heterocycles. The lowest BCUT2D eigenvalue weighted by atomic mass is 10.3. The summed E-state index contributed by atoms with van der Waals surface area (Å²) in [6.45, 7) is 1.91. The molecule has 0 N–H and O–H groups in total. The number of halogens is 1. The molecule has 0 fully saturated rings. The van der Waals surface area contributed by atoms with E-state index >= 15 is 0 Å². The van der Waals surface area contributed by atoms with Gasteiger partial charge in [0.2, 0.25) is 5.65 Å². The summed E-state index contributed by atoms with van der Waals surface area (Å²) in [6.07, 6.45) is 3.59. The van der Waals surface area contributed by atoms with E-state index < -0.39 is 0 Å². The first-order valence-electron chi connectivity index (χ1n) is 5.82. The van der Waals surface area contributed by atoms with E-state index in [4.69, 9.17) is 11.6 Å². The van der Waals surface area contributed by atoms with Gasteiger partial charge in [-0.3, -0.25) is 4.40 Å². The van der Waals surface area contributed by atoms with E-state index in [0.29, 0.717) is 5.02 Å². The molecule has 0 unspecified atom stereocenters. The van der Waals surface area contributed by atoms with Gasteiger partial charge in [0.15, 0.2) is 5.82 Å². The number of hydrogen-bond donors (Lipinski definition) is 0. The number of rotatable bonds is 2. The van der Waals surface area contributed by atoms with E-state index in [-0.39, 0.29) is 0 Å². The van der Waals surface area contributed by atoms with Gasteiger partial charge in [-0.25, -0.2) is 4.98 Å². The fraction of sp³-hybridized carbons (Fsp3) is 0.154. The van der Waals surface area contributed by atoms with Crippen molar-refractivity contribution in [2.45, 2.75) is 6.92 Å². The van der Waals surface area contributed by atoms with Crippen LogP contribution < -0.4 is 4.90 Å². The molecule has 3 aromatic rings. The molecule has 19 heavy (non-hydrogen) atoms. The molecule has 0 saturated heterocycles. The Morgan fingerprint density at radius 1 is 1.16 bits per heavy atom. The van der Waals surface area contributed by atoms with Gasteiger partial charge in [-0.05, 0) is 31.2 Å². The quantitative estimate of drug-likeness (QED) is 0.720. The lowest BCUT2D eigenvalue weighted by Crippen LogP contribution is -2.12. The number of aromatic nitrogens is 4. The summed E-state index contributed by atoms with van der Waals surface area (Å²) in [5.74, 6) is 1.59. The van der Waals surface area contributed by atoms with Crippen LogP contribution in [0.5, 0.6) is 0 Å². The van der Waals surface area contributed by atoms with E-state index in [1.54, 1.807) is 6.20 Å². The van der Waals surface area contributed by atoms with Crippen molar-refractivity contribution in [1.82, 2.24) is 19.6 Å². The second kappa shape index (κ2) is 4.51. The predicted molar refractivity (Wildman–Crippen MR) is 75.0 cm³/mol. The SMILES string of the molecule is Cc1nnc2c(N(C)c3ccc(Cl)cc3)nccn12. The molecule has 1 aromatic carbocycles. The van der Waals surface area contributed by atoms with Crippen LogP contribution in [0.1, 0.15) is 5.82 Å². The van der Waals surface area contributed by atoms with Crippen LogP contribution in [0.3, 0.4) is 0 Å². The summed E-state index contributed by atoms with van der Waals surface area (Å²) in [6, 6.07) is 7.58. The van der Waals surface area contributed by atoms with Gasteiger partial charge in [0, 0.05) is 30.2 Å². The normalized spacial score (nSPS) is 10.9. The number of anilines is 2. The Bertz CT molecular complexity index is 719. The van der Waals surface area contributed by atoms with Crippen molar-refractivity contribution in [1.29, 1.82) is 0 Å². The van der Waals surface area contributed by atoms with Gasteiger partial charge in [0.1, 0.15) is 5.82 Å². The van der Waals surface area contributed by atoms with Crippen LogP contribution in [-0.4, -0.2) is 26.6 Å². The van der Waals surface area contributed by atoms with E-state index in [1.807, 2.05) is 53.7 Å². The molecule has 5 nitrogen and oxygen atoms in total. The molecule has 0 amide bonds. The molecule has 0 bridgehead atoms. The Morgan fingerprint density at radius 2 is 1.89 bits per heavy atom. The highest BCUT2D eigenvalue weighted by atomic mass is 35.5. The molecule has 96 valence electrons. The fourth-order valence-corrected chi connectivity index (χ4v) is 2.08. The van der Waals surface area contributed by atoms with Crippen LogP contribution in [0.4, 0.5) is 11.5 Å². The Kier molecular flexibility index (Phi) is 2.83. The fourth-order valence-electron chi connectivity index (χ4n) is 1.95. The molecule has 0 saturated carbocycles. The zero-order valence-corrected chi connectivity index (χ0v) is 11.3. The standard InChI is InChI=1S/C13H12ClN5/c1-9-16-17-13-12(15-7-8-19(9)13)18(2)11-5-3-10(14)4-6-11/h3-8H,1-2H3.